The minimum absolute atomic E-state index is 0.00195. The standard InChI is InChI=1S/C13H14N2O4/c16-12(8-1-3-9(4-2-8)15(18)19)11-7-10-5-6-14(10)13(11)17/h1-4,10-12,16H,5-7H2/t10-,11-,12+/m0/s1. The van der Waals surface area contributed by atoms with Gasteiger partial charge in [0, 0.05) is 24.7 Å². The van der Waals surface area contributed by atoms with E-state index in [1.54, 1.807) is 4.90 Å². The maximum absolute atomic E-state index is 12.0. The van der Waals surface area contributed by atoms with Crippen LogP contribution in [0.4, 0.5) is 5.69 Å². The van der Waals surface area contributed by atoms with E-state index in [1.807, 2.05) is 0 Å². The number of carbonyl (C=O) groups excluding carboxylic acids is 1. The predicted molar refractivity (Wildman–Crippen MR) is 66.3 cm³/mol. The lowest BCUT2D eigenvalue weighted by Crippen LogP contribution is -2.45. The van der Waals surface area contributed by atoms with E-state index < -0.39 is 16.9 Å². The third-order valence-corrected chi connectivity index (χ3v) is 4.10. The van der Waals surface area contributed by atoms with E-state index >= 15 is 0 Å². The largest absolute Gasteiger partial charge is 0.388 e. The first-order valence-electron chi connectivity index (χ1n) is 6.31. The van der Waals surface area contributed by atoms with E-state index in [-0.39, 0.29) is 17.6 Å². The molecule has 1 amide bonds. The average molecular weight is 262 g/mol. The Hall–Kier alpha value is -1.95. The van der Waals surface area contributed by atoms with Crippen molar-refractivity contribution < 1.29 is 14.8 Å². The molecule has 2 saturated heterocycles. The van der Waals surface area contributed by atoms with Crippen LogP contribution in [-0.4, -0.2) is 33.4 Å². The third kappa shape index (κ3) is 1.88. The first kappa shape index (κ1) is 12.1. The second-order valence-corrected chi connectivity index (χ2v) is 5.11. The summed E-state index contributed by atoms with van der Waals surface area (Å²) >= 11 is 0. The van der Waals surface area contributed by atoms with E-state index in [0.29, 0.717) is 12.0 Å². The molecule has 2 aliphatic heterocycles. The highest BCUT2D eigenvalue weighted by Crippen LogP contribution is 2.40. The number of aliphatic hydroxyl groups excluding tert-OH is 1. The molecule has 1 aromatic rings. The number of non-ortho nitro benzene ring substituents is 1. The number of hydrogen-bond donors (Lipinski definition) is 1. The van der Waals surface area contributed by atoms with Crippen molar-refractivity contribution in [3.8, 4) is 0 Å². The highest BCUT2D eigenvalue weighted by Gasteiger charge is 2.47. The van der Waals surface area contributed by atoms with Gasteiger partial charge >= 0.3 is 0 Å². The lowest BCUT2D eigenvalue weighted by molar-refractivity contribution is -0.384. The topological polar surface area (TPSA) is 83.7 Å². The van der Waals surface area contributed by atoms with Crippen LogP contribution in [0, 0.1) is 16.0 Å². The third-order valence-electron chi connectivity index (χ3n) is 4.10. The zero-order valence-electron chi connectivity index (χ0n) is 10.2. The molecule has 0 spiro atoms. The number of aliphatic hydroxyl groups is 1. The van der Waals surface area contributed by atoms with Gasteiger partial charge in [0.15, 0.2) is 0 Å². The molecule has 19 heavy (non-hydrogen) atoms. The number of fused-ring (bicyclic) bond motifs is 1. The molecule has 2 heterocycles. The Balaban J connectivity index is 1.78. The summed E-state index contributed by atoms with van der Waals surface area (Å²) in [5, 5.41) is 20.8. The van der Waals surface area contributed by atoms with Gasteiger partial charge in [-0.15, -0.1) is 0 Å². The molecule has 0 aliphatic carbocycles. The molecule has 3 rings (SSSR count). The van der Waals surface area contributed by atoms with Gasteiger partial charge in [0.05, 0.1) is 16.9 Å². The summed E-state index contributed by atoms with van der Waals surface area (Å²) in [7, 11) is 0. The molecule has 2 aliphatic rings. The van der Waals surface area contributed by atoms with Crippen molar-refractivity contribution in [3.63, 3.8) is 0 Å². The van der Waals surface area contributed by atoms with Crippen molar-refractivity contribution in [2.45, 2.75) is 25.0 Å². The van der Waals surface area contributed by atoms with Crippen LogP contribution in [0.3, 0.4) is 0 Å². The molecular weight excluding hydrogens is 248 g/mol. The van der Waals surface area contributed by atoms with Crippen LogP contribution in [0.15, 0.2) is 24.3 Å². The summed E-state index contributed by atoms with van der Waals surface area (Å²) < 4.78 is 0. The Morgan fingerprint density at radius 3 is 2.47 bits per heavy atom. The van der Waals surface area contributed by atoms with E-state index in [2.05, 4.69) is 0 Å². The van der Waals surface area contributed by atoms with Gasteiger partial charge < -0.3 is 10.0 Å². The summed E-state index contributed by atoms with van der Waals surface area (Å²) in [5.41, 5.74) is 0.545. The predicted octanol–water partition coefficient (Wildman–Crippen LogP) is 1.25. The second kappa shape index (κ2) is 4.31. The lowest BCUT2D eigenvalue weighted by atomic mass is 9.92. The highest BCUT2D eigenvalue weighted by molar-refractivity contribution is 5.83. The van der Waals surface area contributed by atoms with Crippen LogP contribution in [0.1, 0.15) is 24.5 Å². The Morgan fingerprint density at radius 2 is 2.05 bits per heavy atom. The van der Waals surface area contributed by atoms with Crippen molar-refractivity contribution in [1.29, 1.82) is 0 Å². The number of nitrogens with zero attached hydrogens (tertiary/aromatic N) is 2. The number of nitro groups is 1. The minimum Gasteiger partial charge on any atom is -0.388 e. The maximum Gasteiger partial charge on any atom is 0.269 e. The normalized spacial score (nSPS) is 26.8. The molecular formula is C13H14N2O4. The molecule has 0 unspecified atom stereocenters. The van der Waals surface area contributed by atoms with Crippen LogP contribution in [0.25, 0.3) is 0 Å². The lowest BCUT2D eigenvalue weighted by Gasteiger charge is -2.34. The molecule has 100 valence electrons. The van der Waals surface area contributed by atoms with Gasteiger partial charge in [-0.2, -0.15) is 0 Å². The van der Waals surface area contributed by atoms with Crippen LogP contribution < -0.4 is 0 Å². The zero-order valence-corrected chi connectivity index (χ0v) is 10.2. The molecule has 6 heteroatoms. The Kier molecular flexibility index (Phi) is 2.74. The number of rotatable bonds is 3. The average Bonchev–Trinajstić information content (AvgIpc) is 2.58. The van der Waals surface area contributed by atoms with Gasteiger partial charge in [-0.3, -0.25) is 14.9 Å². The van der Waals surface area contributed by atoms with Crippen LogP contribution >= 0.6 is 0 Å². The Labute approximate surface area is 109 Å². The maximum atomic E-state index is 12.0. The SMILES string of the molecule is O=C1[C@H]([C@H](O)c2ccc([N+](=O)[O-])cc2)C[C@@H]2CCN12. The number of benzene rings is 1. The molecule has 0 saturated carbocycles. The summed E-state index contributed by atoms with van der Waals surface area (Å²) in [6, 6.07) is 6.03. The summed E-state index contributed by atoms with van der Waals surface area (Å²) in [6.45, 7) is 0.785. The van der Waals surface area contributed by atoms with Crippen molar-refractivity contribution in [1.82, 2.24) is 4.90 Å². The van der Waals surface area contributed by atoms with Gasteiger partial charge in [-0.1, -0.05) is 0 Å². The first-order valence-corrected chi connectivity index (χ1v) is 6.31. The van der Waals surface area contributed by atoms with Crippen LogP contribution in [0.2, 0.25) is 0 Å². The van der Waals surface area contributed by atoms with E-state index in [1.165, 1.54) is 24.3 Å². The number of amides is 1. The smallest absolute Gasteiger partial charge is 0.269 e. The van der Waals surface area contributed by atoms with Gasteiger partial charge in [-0.25, -0.2) is 0 Å². The number of hydrogen-bond acceptors (Lipinski definition) is 4. The summed E-state index contributed by atoms with van der Waals surface area (Å²) in [5.74, 6) is -0.406. The molecule has 2 fully saturated rings. The Bertz CT molecular complexity index is 528. The molecule has 6 nitrogen and oxygen atoms in total. The zero-order chi connectivity index (χ0) is 13.6. The van der Waals surface area contributed by atoms with E-state index in [4.69, 9.17) is 0 Å². The van der Waals surface area contributed by atoms with Gasteiger partial charge in [0.1, 0.15) is 0 Å². The van der Waals surface area contributed by atoms with Crippen molar-refractivity contribution >= 4 is 11.6 Å². The van der Waals surface area contributed by atoms with Gasteiger partial charge in [0.2, 0.25) is 5.91 Å². The van der Waals surface area contributed by atoms with Gasteiger partial charge in [0.25, 0.3) is 5.69 Å². The fourth-order valence-corrected chi connectivity index (χ4v) is 2.87. The first-order chi connectivity index (χ1) is 9.08. The van der Waals surface area contributed by atoms with Crippen molar-refractivity contribution in [3.05, 3.63) is 39.9 Å². The van der Waals surface area contributed by atoms with Crippen molar-refractivity contribution in [2.24, 2.45) is 5.92 Å². The number of nitro benzene ring substituents is 1. The quantitative estimate of drug-likeness (QED) is 0.656. The molecule has 3 atom stereocenters. The monoisotopic (exact) mass is 262 g/mol. The Morgan fingerprint density at radius 1 is 1.37 bits per heavy atom. The minimum atomic E-state index is -0.876. The van der Waals surface area contributed by atoms with E-state index in [9.17, 15) is 20.0 Å². The molecule has 0 aromatic heterocycles. The van der Waals surface area contributed by atoms with Crippen LogP contribution in [-0.2, 0) is 4.79 Å². The van der Waals surface area contributed by atoms with E-state index in [0.717, 1.165) is 13.0 Å². The van der Waals surface area contributed by atoms with Crippen molar-refractivity contribution in [2.75, 3.05) is 6.54 Å². The fourth-order valence-electron chi connectivity index (χ4n) is 2.87. The molecule has 1 N–H and O–H groups in total. The van der Waals surface area contributed by atoms with Crippen LogP contribution in [0.5, 0.6) is 0 Å². The highest BCUT2D eigenvalue weighted by atomic mass is 16.6. The fraction of sp³-hybridized carbons (Fsp3) is 0.462. The molecule has 0 bridgehead atoms. The number of carbonyl (C=O) groups is 1. The molecule has 1 aromatic carbocycles. The van der Waals surface area contributed by atoms with Gasteiger partial charge in [-0.05, 0) is 30.5 Å². The second-order valence-electron chi connectivity index (χ2n) is 5.11. The summed E-state index contributed by atoms with van der Waals surface area (Å²) in [4.78, 5) is 23.9. The molecule has 0 radical (unpaired) electrons. The summed E-state index contributed by atoms with van der Waals surface area (Å²) in [6.07, 6.45) is 0.811.